The molecular weight excluding hydrogens is 281 g/mol. The molecule has 0 N–H and O–H groups in total. The lowest BCUT2D eigenvalue weighted by molar-refractivity contribution is -0.117. The predicted octanol–water partition coefficient (Wildman–Crippen LogP) is 4.09. The zero-order valence-electron chi connectivity index (χ0n) is 12.6. The van der Waals surface area contributed by atoms with E-state index in [-0.39, 0.29) is 23.9 Å². The van der Waals surface area contributed by atoms with Crippen LogP contribution in [0, 0.1) is 5.82 Å². The van der Waals surface area contributed by atoms with Gasteiger partial charge in [-0.05, 0) is 37.3 Å². The minimum Gasteiger partial charge on any atom is -0.486 e. The second kappa shape index (κ2) is 5.79. The molecule has 1 aliphatic heterocycles. The predicted molar refractivity (Wildman–Crippen MR) is 83.5 cm³/mol. The number of halogens is 1. The summed E-state index contributed by atoms with van der Waals surface area (Å²) in [5, 5.41) is 0. The molecule has 0 bridgehead atoms. The molecule has 1 amide bonds. The van der Waals surface area contributed by atoms with Gasteiger partial charge in [-0.25, -0.2) is 4.39 Å². The van der Waals surface area contributed by atoms with Crippen molar-refractivity contribution in [3.8, 4) is 5.75 Å². The van der Waals surface area contributed by atoms with E-state index in [1.165, 1.54) is 12.1 Å². The highest BCUT2D eigenvalue weighted by Gasteiger charge is 2.33. The molecule has 114 valence electrons. The number of ether oxygens (including phenoxy) is 1. The molecule has 1 aliphatic rings. The highest BCUT2D eigenvalue weighted by molar-refractivity contribution is 5.93. The summed E-state index contributed by atoms with van der Waals surface area (Å²) in [5.41, 5.74) is 1.88. The zero-order chi connectivity index (χ0) is 15.7. The van der Waals surface area contributed by atoms with Crippen LogP contribution in [0.5, 0.6) is 5.75 Å². The van der Waals surface area contributed by atoms with Gasteiger partial charge in [-0.2, -0.15) is 0 Å². The highest BCUT2D eigenvalue weighted by Crippen LogP contribution is 2.39. The Labute approximate surface area is 129 Å². The molecule has 2 aromatic rings. The molecule has 0 spiro atoms. The molecule has 4 heteroatoms. The van der Waals surface area contributed by atoms with Crippen molar-refractivity contribution >= 4 is 11.6 Å². The first-order valence-electron chi connectivity index (χ1n) is 7.37. The summed E-state index contributed by atoms with van der Waals surface area (Å²) < 4.78 is 19.0. The number of anilines is 1. The van der Waals surface area contributed by atoms with Gasteiger partial charge in [-0.15, -0.1) is 0 Å². The van der Waals surface area contributed by atoms with Crippen LogP contribution < -0.4 is 9.64 Å². The smallest absolute Gasteiger partial charge is 0.224 e. The van der Waals surface area contributed by atoms with Gasteiger partial charge in [-0.3, -0.25) is 4.79 Å². The van der Waals surface area contributed by atoms with Crippen molar-refractivity contribution in [3.63, 3.8) is 0 Å². The molecule has 2 atom stereocenters. The molecule has 0 fully saturated rings. The average Bonchev–Trinajstić information content (AvgIpc) is 2.49. The van der Waals surface area contributed by atoms with E-state index in [1.54, 1.807) is 24.0 Å². The summed E-state index contributed by atoms with van der Waals surface area (Å²) >= 11 is 0. The topological polar surface area (TPSA) is 29.5 Å². The van der Waals surface area contributed by atoms with E-state index in [0.29, 0.717) is 12.2 Å². The summed E-state index contributed by atoms with van der Waals surface area (Å²) in [6.07, 6.45) is 0.556. The van der Waals surface area contributed by atoms with E-state index in [0.717, 1.165) is 11.3 Å². The molecule has 1 heterocycles. The van der Waals surface area contributed by atoms with Crippen LogP contribution in [-0.4, -0.2) is 11.9 Å². The summed E-state index contributed by atoms with van der Waals surface area (Å²) in [6, 6.07) is 13.8. The molecule has 3 rings (SSSR count). The van der Waals surface area contributed by atoms with Crippen molar-refractivity contribution in [1.82, 2.24) is 0 Å². The number of hydrogen-bond donors (Lipinski definition) is 0. The fourth-order valence-corrected chi connectivity index (χ4v) is 3.03. The van der Waals surface area contributed by atoms with Crippen LogP contribution in [0.15, 0.2) is 48.5 Å². The fourth-order valence-electron chi connectivity index (χ4n) is 3.03. The van der Waals surface area contributed by atoms with Crippen molar-refractivity contribution in [2.45, 2.75) is 32.4 Å². The van der Waals surface area contributed by atoms with Gasteiger partial charge in [0.05, 0.1) is 5.69 Å². The molecule has 0 saturated carbocycles. The first kappa shape index (κ1) is 14.6. The number of carbonyl (C=O) groups excluding carboxylic acids is 1. The van der Waals surface area contributed by atoms with Gasteiger partial charge in [0.1, 0.15) is 17.7 Å². The van der Waals surface area contributed by atoms with Gasteiger partial charge < -0.3 is 9.64 Å². The second-order valence-electron chi connectivity index (χ2n) is 5.59. The SMILES string of the molecule is CC(=O)N1c2ccccc2C(Oc2ccc(F)cc2)CC1C. The van der Waals surface area contributed by atoms with Crippen LogP contribution in [0.1, 0.15) is 31.9 Å². The average molecular weight is 299 g/mol. The van der Waals surface area contributed by atoms with Crippen LogP contribution in [0.25, 0.3) is 0 Å². The van der Waals surface area contributed by atoms with E-state index in [2.05, 4.69) is 0 Å². The summed E-state index contributed by atoms with van der Waals surface area (Å²) in [6.45, 7) is 3.59. The Bertz CT molecular complexity index is 684. The van der Waals surface area contributed by atoms with Gasteiger partial charge in [0, 0.05) is 24.9 Å². The molecular formula is C18H18FNO2. The molecule has 3 nitrogen and oxygen atoms in total. The van der Waals surface area contributed by atoms with E-state index >= 15 is 0 Å². The molecule has 2 unspecified atom stereocenters. The number of benzene rings is 2. The van der Waals surface area contributed by atoms with Gasteiger partial charge in [0.25, 0.3) is 0 Å². The summed E-state index contributed by atoms with van der Waals surface area (Å²) in [5.74, 6) is 0.373. The van der Waals surface area contributed by atoms with Crippen molar-refractivity contribution in [3.05, 3.63) is 59.9 Å². The number of hydrogen-bond acceptors (Lipinski definition) is 2. The Morgan fingerprint density at radius 1 is 1.18 bits per heavy atom. The van der Waals surface area contributed by atoms with Crippen molar-refractivity contribution < 1.29 is 13.9 Å². The largest absolute Gasteiger partial charge is 0.486 e. The Morgan fingerprint density at radius 3 is 2.55 bits per heavy atom. The third kappa shape index (κ3) is 2.69. The quantitative estimate of drug-likeness (QED) is 0.836. The van der Waals surface area contributed by atoms with Crippen molar-refractivity contribution in [1.29, 1.82) is 0 Å². The number of para-hydroxylation sites is 1. The van der Waals surface area contributed by atoms with Crippen molar-refractivity contribution in [2.24, 2.45) is 0 Å². The minimum atomic E-state index is -0.285. The number of fused-ring (bicyclic) bond motifs is 1. The standard InChI is InChI=1S/C18H18FNO2/c1-12-11-18(22-15-9-7-14(19)8-10-15)16-5-3-4-6-17(16)20(12)13(2)21/h3-10,12,18H,11H2,1-2H3. The van der Waals surface area contributed by atoms with Gasteiger partial charge in [0.15, 0.2) is 0 Å². The van der Waals surface area contributed by atoms with Crippen LogP contribution in [0.4, 0.5) is 10.1 Å². The Morgan fingerprint density at radius 2 is 1.86 bits per heavy atom. The number of carbonyl (C=O) groups is 1. The maximum Gasteiger partial charge on any atom is 0.224 e. The molecule has 0 aliphatic carbocycles. The lowest BCUT2D eigenvalue weighted by Gasteiger charge is -2.38. The highest BCUT2D eigenvalue weighted by atomic mass is 19.1. The van der Waals surface area contributed by atoms with Crippen LogP contribution >= 0.6 is 0 Å². The maximum atomic E-state index is 13.0. The van der Waals surface area contributed by atoms with Crippen LogP contribution in [0.2, 0.25) is 0 Å². The molecule has 0 aromatic heterocycles. The number of rotatable bonds is 2. The zero-order valence-corrected chi connectivity index (χ0v) is 12.6. The van der Waals surface area contributed by atoms with E-state index in [9.17, 15) is 9.18 Å². The normalized spacial score (nSPS) is 20.4. The van der Waals surface area contributed by atoms with Crippen molar-refractivity contribution in [2.75, 3.05) is 4.90 Å². The van der Waals surface area contributed by atoms with E-state index in [4.69, 9.17) is 4.74 Å². The Kier molecular flexibility index (Phi) is 3.84. The first-order chi connectivity index (χ1) is 10.6. The van der Waals surface area contributed by atoms with E-state index < -0.39 is 0 Å². The Hall–Kier alpha value is -2.36. The number of nitrogens with zero attached hydrogens (tertiary/aromatic N) is 1. The summed E-state index contributed by atoms with van der Waals surface area (Å²) in [4.78, 5) is 13.7. The molecule has 0 radical (unpaired) electrons. The van der Waals surface area contributed by atoms with Crippen LogP contribution in [0.3, 0.4) is 0 Å². The minimum absolute atomic E-state index is 0.0279. The molecule has 2 aromatic carbocycles. The third-order valence-electron chi connectivity index (χ3n) is 3.97. The van der Waals surface area contributed by atoms with Gasteiger partial charge in [-0.1, -0.05) is 18.2 Å². The fraction of sp³-hybridized carbons (Fsp3) is 0.278. The second-order valence-corrected chi connectivity index (χ2v) is 5.59. The Balaban J connectivity index is 1.94. The molecule has 22 heavy (non-hydrogen) atoms. The first-order valence-corrected chi connectivity index (χ1v) is 7.37. The monoisotopic (exact) mass is 299 g/mol. The number of amides is 1. The lowest BCUT2D eigenvalue weighted by atomic mass is 9.93. The maximum absolute atomic E-state index is 13.0. The van der Waals surface area contributed by atoms with Gasteiger partial charge >= 0.3 is 0 Å². The van der Waals surface area contributed by atoms with Crippen LogP contribution in [-0.2, 0) is 4.79 Å². The lowest BCUT2D eigenvalue weighted by Crippen LogP contribution is -2.42. The van der Waals surface area contributed by atoms with E-state index in [1.807, 2.05) is 31.2 Å². The van der Waals surface area contributed by atoms with Gasteiger partial charge in [0.2, 0.25) is 5.91 Å². The third-order valence-corrected chi connectivity index (χ3v) is 3.97. The summed E-state index contributed by atoms with van der Waals surface area (Å²) in [7, 11) is 0. The molecule has 0 saturated heterocycles.